The third-order valence-electron chi connectivity index (χ3n) is 2.42. The maximum atomic E-state index is 11.6. The predicted molar refractivity (Wildman–Crippen MR) is 62.3 cm³/mol. The summed E-state index contributed by atoms with van der Waals surface area (Å²) in [6.45, 7) is 4.01. The highest BCUT2D eigenvalue weighted by Crippen LogP contribution is 2.28. The Kier molecular flexibility index (Phi) is 5.35. The van der Waals surface area contributed by atoms with E-state index in [0.717, 1.165) is 6.29 Å². The standard InChI is InChI=1S/C12H17NO5/c1-8(2)11(12(15)16-3)9-7-10(13-18-9)17-6-4-5-14/h5,7-8,11H,4,6H2,1-3H3. The third kappa shape index (κ3) is 3.58. The van der Waals surface area contributed by atoms with Gasteiger partial charge in [0.2, 0.25) is 0 Å². The first-order valence-corrected chi connectivity index (χ1v) is 5.71. The molecule has 0 radical (unpaired) electrons. The van der Waals surface area contributed by atoms with Crippen molar-refractivity contribution in [2.75, 3.05) is 13.7 Å². The molecule has 0 amide bonds. The van der Waals surface area contributed by atoms with Gasteiger partial charge in [0.25, 0.3) is 5.88 Å². The topological polar surface area (TPSA) is 78.6 Å². The molecule has 0 aliphatic carbocycles. The Morgan fingerprint density at radius 1 is 1.56 bits per heavy atom. The Morgan fingerprint density at radius 3 is 2.83 bits per heavy atom. The molecule has 0 fully saturated rings. The molecule has 0 aliphatic heterocycles. The van der Waals surface area contributed by atoms with Crippen molar-refractivity contribution in [2.24, 2.45) is 5.92 Å². The van der Waals surface area contributed by atoms with Crippen LogP contribution in [0.4, 0.5) is 0 Å². The molecular formula is C12H17NO5. The first-order chi connectivity index (χ1) is 8.60. The fraction of sp³-hybridized carbons (Fsp3) is 0.583. The van der Waals surface area contributed by atoms with Crippen LogP contribution in [0, 0.1) is 5.92 Å². The lowest BCUT2D eigenvalue weighted by atomic mass is 9.93. The summed E-state index contributed by atoms with van der Waals surface area (Å²) in [5.74, 6) is -0.195. The van der Waals surface area contributed by atoms with Gasteiger partial charge in [0, 0.05) is 12.5 Å². The van der Waals surface area contributed by atoms with Crippen LogP contribution in [0.1, 0.15) is 31.9 Å². The molecule has 0 saturated carbocycles. The van der Waals surface area contributed by atoms with Gasteiger partial charge in [-0.25, -0.2) is 0 Å². The lowest BCUT2D eigenvalue weighted by molar-refractivity contribution is -0.144. The maximum Gasteiger partial charge on any atom is 0.316 e. The van der Waals surface area contributed by atoms with Gasteiger partial charge in [0.15, 0.2) is 5.76 Å². The molecule has 6 heteroatoms. The summed E-state index contributed by atoms with van der Waals surface area (Å²) in [6.07, 6.45) is 1.04. The summed E-state index contributed by atoms with van der Waals surface area (Å²) in [4.78, 5) is 21.8. The minimum atomic E-state index is -0.508. The van der Waals surface area contributed by atoms with Crippen LogP contribution in [0.5, 0.6) is 5.88 Å². The Morgan fingerprint density at radius 2 is 2.28 bits per heavy atom. The number of aldehydes is 1. The molecule has 1 aromatic heterocycles. The second kappa shape index (κ2) is 6.78. The third-order valence-corrected chi connectivity index (χ3v) is 2.42. The molecule has 1 aromatic rings. The average molecular weight is 255 g/mol. The largest absolute Gasteiger partial charge is 0.475 e. The molecule has 0 aliphatic rings. The maximum absolute atomic E-state index is 11.6. The van der Waals surface area contributed by atoms with E-state index in [2.05, 4.69) is 5.16 Å². The molecule has 100 valence electrons. The molecule has 6 nitrogen and oxygen atoms in total. The molecular weight excluding hydrogens is 238 g/mol. The zero-order valence-corrected chi connectivity index (χ0v) is 10.7. The van der Waals surface area contributed by atoms with Crippen LogP contribution < -0.4 is 4.74 Å². The molecule has 1 rings (SSSR count). The molecule has 0 bridgehead atoms. The summed E-state index contributed by atoms with van der Waals surface area (Å²) in [7, 11) is 1.33. The predicted octanol–water partition coefficient (Wildman–Crippen LogP) is 1.55. The molecule has 0 aromatic carbocycles. The summed E-state index contributed by atoms with van der Waals surface area (Å²) in [6, 6.07) is 1.55. The van der Waals surface area contributed by atoms with Gasteiger partial charge >= 0.3 is 5.97 Å². The Balaban J connectivity index is 2.75. The summed E-state index contributed by atoms with van der Waals surface area (Å²) >= 11 is 0. The van der Waals surface area contributed by atoms with Crippen LogP contribution in [-0.4, -0.2) is 31.1 Å². The molecule has 1 unspecified atom stereocenters. The normalized spacial score (nSPS) is 12.2. The van der Waals surface area contributed by atoms with Crippen molar-refractivity contribution in [1.82, 2.24) is 5.16 Å². The number of hydrogen-bond acceptors (Lipinski definition) is 6. The van der Waals surface area contributed by atoms with Crippen LogP contribution in [0.3, 0.4) is 0 Å². The van der Waals surface area contributed by atoms with Gasteiger partial charge in [-0.2, -0.15) is 0 Å². The number of hydrogen-bond donors (Lipinski definition) is 0. The van der Waals surface area contributed by atoms with E-state index in [1.54, 1.807) is 6.07 Å². The highest BCUT2D eigenvalue weighted by molar-refractivity contribution is 5.77. The number of esters is 1. The second-order valence-electron chi connectivity index (χ2n) is 4.12. The van der Waals surface area contributed by atoms with E-state index in [1.807, 2.05) is 13.8 Å². The van der Waals surface area contributed by atoms with Crippen LogP contribution in [0.25, 0.3) is 0 Å². The van der Waals surface area contributed by atoms with Crippen LogP contribution in [0.15, 0.2) is 10.6 Å². The van der Waals surface area contributed by atoms with Gasteiger partial charge in [-0.15, -0.1) is 0 Å². The van der Waals surface area contributed by atoms with Crippen molar-refractivity contribution in [2.45, 2.75) is 26.2 Å². The van der Waals surface area contributed by atoms with Crippen molar-refractivity contribution < 1.29 is 23.6 Å². The monoisotopic (exact) mass is 255 g/mol. The minimum absolute atomic E-state index is 0.0215. The van der Waals surface area contributed by atoms with E-state index in [9.17, 15) is 9.59 Å². The average Bonchev–Trinajstić information content (AvgIpc) is 2.77. The summed E-state index contributed by atoms with van der Waals surface area (Å²) in [5, 5.41) is 3.69. The highest BCUT2D eigenvalue weighted by Gasteiger charge is 2.29. The van der Waals surface area contributed by atoms with Crippen LogP contribution >= 0.6 is 0 Å². The molecule has 0 N–H and O–H groups in total. The number of ether oxygens (including phenoxy) is 2. The van der Waals surface area contributed by atoms with Crippen molar-refractivity contribution in [3.05, 3.63) is 11.8 Å². The lowest BCUT2D eigenvalue weighted by Gasteiger charge is -2.14. The fourth-order valence-electron chi connectivity index (χ4n) is 1.54. The number of carbonyl (C=O) groups excluding carboxylic acids is 2. The number of nitrogens with zero attached hydrogens (tertiary/aromatic N) is 1. The van der Waals surface area contributed by atoms with E-state index in [0.29, 0.717) is 5.76 Å². The van der Waals surface area contributed by atoms with Gasteiger partial charge in [-0.3, -0.25) is 4.79 Å². The molecule has 0 saturated heterocycles. The number of rotatable bonds is 7. The van der Waals surface area contributed by atoms with Crippen molar-refractivity contribution >= 4 is 12.3 Å². The zero-order chi connectivity index (χ0) is 13.5. The van der Waals surface area contributed by atoms with E-state index in [1.165, 1.54) is 7.11 Å². The summed E-state index contributed by atoms with van der Waals surface area (Å²) in [5.41, 5.74) is 0. The molecule has 1 heterocycles. The van der Waals surface area contributed by atoms with Gasteiger partial charge in [0.1, 0.15) is 12.2 Å². The summed E-state index contributed by atoms with van der Waals surface area (Å²) < 4.78 is 15.0. The molecule has 18 heavy (non-hydrogen) atoms. The molecule has 1 atom stereocenters. The number of aromatic nitrogens is 1. The molecule has 0 spiro atoms. The fourth-order valence-corrected chi connectivity index (χ4v) is 1.54. The van der Waals surface area contributed by atoms with E-state index in [4.69, 9.17) is 14.0 Å². The van der Waals surface area contributed by atoms with Gasteiger partial charge in [-0.05, 0) is 11.1 Å². The van der Waals surface area contributed by atoms with E-state index < -0.39 is 5.92 Å². The van der Waals surface area contributed by atoms with Crippen LogP contribution in [-0.2, 0) is 14.3 Å². The van der Waals surface area contributed by atoms with Gasteiger partial charge in [-0.1, -0.05) is 13.8 Å². The second-order valence-corrected chi connectivity index (χ2v) is 4.12. The Labute approximate surface area is 105 Å². The zero-order valence-electron chi connectivity index (χ0n) is 10.7. The Bertz CT molecular complexity index is 399. The number of carbonyl (C=O) groups is 2. The Hall–Kier alpha value is -1.85. The van der Waals surface area contributed by atoms with E-state index >= 15 is 0 Å². The van der Waals surface area contributed by atoms with Crippen molar-refractivity contribution in [1.29, 1.82) is 0 Å². The SMILES string of the molecule is COC(=O)C(c1cc(OCCC=O)no1)C(C)C. The first-order valence-electron chi connectivity index (χ1n) is 5.71. The van der Waals surface area contributed by atoms with Crippen LogP contribution in [0.2, 0.25) is 0 Å². The first kappa shape index (κ1) is 14.2. The smallest absolute Gasteiger partial charge is 0.316 e. The highest BCUT2D eigenvalue weighted by atomic mass is 16.5. The quantitative estimate of drug-likeness (QED) is 0.418. The minimum Gasteiger partial charge on any atom is -0.475 e. The van der Waals surface area contributed by atoms with Crippen molar-refractivity contribution in [3.63, 3.8) is 0 Å². The number of methoxy groups -OCH3 is 1. The van der Waals surface area contributed by atoms with Gasteiger partial charge < -0.3 is 18.8 Å². The van der Waals surface area contributed by atoms with Gasteiger partial charge in [0.05, 0.1) is 13.7 Å². The van der Waals surface area contributed by atoms with Crippen molar-refractivity contribution in [3.8, 4) is 5.88 Å². The lowest BCUT2D eigenvalue weighted by Crippen LogP contribution is -2.19. The van der Waals surface area contributed by atoms with E-state index in [-0.39, 0.29) is 30.8 Å².